The minimum absolute atomic E-state index is 0.776. The topological polar surface area (TPSA) is 62.2 Å². The van der Waals surface area contributed by atoms with Gasteiger partial charge in [0, 0.05) is 17.6 Å². The first-order valence-electron chi connectivity index (χ1n) is 6.38. The van der Waals surface area contributed by atoms with Gasteiger partial charge in [-0.1, -0.05) is 17.7 Å². The molecule has 0 fully saturated rings. The summed E-state index contributed by atoms with van der Waals surface area (Å²) in [5.41, 5.74) is 2.05. The Morgan fingerprint density at radius 2 is 2.08 bits per heavy atom. The lowest BCUT2D eigenvalue weighted by atomic mass is 10.3. The van der Waals surface area contributed by atoms with Crippen molar-refractivity contribution in [2.45, 2.75) is 12.7 Å². The molecule has 0 saturated heterocycles. The number of carboxylic acids is 1. The number of aromatic nitrogens is 1. The van der Waals surface area contributed by atoms with Crippen molar-refractivity contribution < 1.29 is 23.1 Å². The van der Waals surface area contributed by atoms with Crippen molar-refractivity contribution in [1.82, 2.24) is 4.98 Å². The Kier molecular flexibility index (Phi) is 6.03. The molecule has 2 N–H and O–H groups in total. The molecule has 0 aromatic carbocycles. The number of hydrogen-bond acceptors (Lipinski definition) is 5. The second kappa shape index (κ2) is 7.82. The van der Waals surface area contributed by atoms with Gasteiger partial charge in [-0.2, -0.15) is 13.2 Å². The molecule has 3 rings (SSSR count). The molecule has 0 spiro atoms. The van der Waals surface area contributed by atoms with Gasteiger partial charge in [0.05, 0.1) is 20.2 Å². The number of nitrogens with zero attached hydrogens (tertiary/aromatic N) is 1. The van der Waals surface area contributed by atoms with Crippen LogP contribution in [0.3, 0.4) is 0 Å². The van der Waals surface area contributed by atoms with Crippen LogP contribution in [0.4, 0.5) is 18.9 Å². The van der Waals surface area contributed by atoms with Crippen LogP contribution in [-0.4, -0.2) is 22.2 Å². The fraction of sp³-hybridized carbons (Fsp3) is 0.143. The van der Waals surface area contributed by atoms with Gasteiger partial charge in [0.15, 0.2) is 0 Å². The van der Waals surface area contributed by atoms with Gasteiger partial charge in [-0.3, -0.25) is 4.98 Å². The molecule has 0 aliphatic carbocycles. The van der Waals surface area contributed by atoms with Crippen LogP contribution in [0.25, 0.3) is 10.2 Å². The Morgan fingerprint density at radius 3 is 2.67 bits per heavy atom. The highest BCUT2D eigenvalue weighted by Crippen LogP contribution is 2.33. The van der Waals surface area contributed by atoms with Crippen LogP contribution >= 0.6 is 34.3 Å². The third kappa shape index (κ3) is 5.08. The number of thiophene rings is 2. The molecule has 0 bridgehead atoms. The maximum atomic E-state index is 10.6. The molecule has 0 aliphatic rings. The van der Waals surface area contributed by atoms with Gasteiger partial charge in [0.2, 0.25) is 0 Å². The van der Waals surface area contributed by atoms with Crippen LogP contribution in [-0.2, 0) is 11.3 Å². The summed E-state index contributed by atoms with van der Waals surface area (Å²) in [4.78, 5) is 14.5. The Morgan fingerprint density at radius 1 is 1.38 bits per heavy atom. The Labute approximate surface area is 147 Å². The first kappa shape index (κ1) is 18.5. The summed E-state index contributed by atoms with van der Waals surface area (Å²) in [5.74, 6) is -2.76. The summed E-state index contributed by atoms with van der Waals surface area (Å²) in [7, 11) is 0. The second-order valence-corrected chi connectivity index (χ2v) is 7.07. The lowest BCUT2D eigenvalue weighted by Crippen LogP contribution is -2.21. The van der Waals surface area contributed by atoms with Crippen molar-refractivity contribution in [3.05, 3.63) is 45.1 Å². The number of halogens is 4. The number of fused-ring (bicyclic) bond motifs is 1. The van der Waals surface area contributed by atoms with Crippen LogP contribution in [0, 0.1) is 0 Å². The summed E-state index contributed by atoms with van der Waals surface area (Å²) in [5, 5.41) is 12.6. The van der Waals surface area contributed by atoms with Crippen molar-refractivity contribution in [1.29, 1.82) is 0 Å². The lowest BCUT2D eigenvalue weighted by Gasteiger charge is -2.05. The molecule has 3 heterocycles. The van der Waals surface area contributed by atoms with E-state index in [1.807, 2.05) is 18.3 Å². The second-order valence-electron chi connectivity index (χ2n) is 4.36. The standard InChI is InChI=1S/C12H9ClN2S2.C2HF3O2/c13-11-6-10-12(17-11)9(3-4-14-10)15-7-8-2-1-5-16-8;3-2(4,5)1(6)7/h1-6H,7H2,(H,14,15);(H,6,7). The molecular formula is C14H10ClF3N2O2S2. The van der Waals surface area contributed by atoms with Gasteiger partial charge < -0.3 is 10.4 Å². The van der Waals surface area contributed by atoms with Gasteiger partial charge in [0.1, 0.15) is 0 Å². The maximum absolute atomic E-state index is 10.6. The summed E-state index contributed by atoms with van der Waals surface area (Å²) < 4.78 is 33.6. The predicted molar refractivity (Wildman–Crippen MR) is 90.0 cm³/mol. The molecule has 0 amide bonds. The van der Waals surface area contributed by atoms with E-state index in [1.54, 1.807) is 22.7 Å². The van der Waals surface area contributed by atoms with Crippen LogP contribution in [0.2, 0.25) is 4.34 Å². The fourth-order valence-corrected chi connectivity index (χ4v) is 3.45. The Balaban J connectivity index is 0.000000256. The number of alkyl halides is 3. The number of pyridine rings is 1. The van der Waals surface area contributed by atoms with Crippen molar-refractivity contribution in [3.8, 4) is 0 Å². The molecule has 3 aromatic rings. The molecule has 3 aromatic heterocycles. The monoisotopic (exact) mass is 394 g/mol. The lowest BCUT2D eigenvalue weighted by molar-refractivity contribution is -0.192. The van der Waals surface area contributed by atoms with E-state index < -0.39 is 12.1 Å². The van der Waals surface area contributed by atoms with Crippen LogP contribution in [0.15, 0.2) is 35.8 Å². The summed E-state index contributed by atoms with van der Waals surface area (Å²) >= 11 is 9.32. The van der Waals surface area contributed by atoms with E-state index in [4.69, 9.17) is 21.5 Å². The molecule has 0 aliphatic heterocycles. The molecular weight excluding hydrogens is 385 g/mol. The molecule has 0 radical (unpaired) electrons. The highest BCUT2D eigenvalue weighted by atomic mass is 35.5. The average Bonchev–Trinajstić information content (AvgIpc) is 3.12. The van der Waals surface area contributed by atoms with Crippen molar-refractivity contribution >= 4 is 56.1 Å². The fourth-order valence-electron chi connectivity index (χ4n) is 1.64. The molecule has 128 valence electrons. The van der Waals surface area contributed by atoms with Crippen LogP contribution in [0.5, 0.6) is 0 Å². The van der Waals surface area contributed by atoms with Gasteiger partial charge in [-0.15, -0.1) is 22.7 Å². The number of hydrogen-bond donors (Lipinski definition) is 2. The van der Waals surface area contributed by atoms with Gasteiger partial charge in [-0.25, -0.2) is 4.79 Å². The van der Waals surface area contributed by atoms with Gasteiger partial charge >= 0.3 is 12.1 Å². The number of nitrogens with one attached hydrogen (secondary N) is 1. The molecule has 0 atom stereocenters. The highest BCUT2D eigenvalue weighted by Gasteiger charge is 2.38. The predicted octanol–water partition coefficient (Wildman–Crippen LogP) is 5.26. The SMILES string of the molecule is Clc1cc2nccc(NCc3cccs3)c2s1.O=C(O)C(F)(F)F. The minimum Gasteiger partial charge on any atom is -0.475 e. The van der Waals surface area contributed by atoms with Gasteiger partial charge in [0.25, 0.3) is 0 Å². The van der Waals surface area contributed by atoms with E-state index in [0.717, 1.165) is 26.8 Å². The smallest absolute Gasteiger partial charge is 0.475 e. The maximum Gasteiger partial charge on any atom is 0.490 e. The summed E-state index contributed by atoms with van der Waals surface area (Å²) in [6.07, 6.45) is -3.28. The zero-order valence-corrected chi connectivity index (χ0v) is 14.2. The first-order valence-corrected chi connectivity index (χ1v) is 8.45. The number of carbonyl (C=O) groups is 1. The van der Waals surface area contributed by atoms with E-state index in [0.29, 0.717) is 0 Å². The number of carboxylic acid groups (broad SMARTS) is 1. The molecule has 24 heavy (non-hydrogen) atoms. The van der Waals surface area contributed by atoms with Gasteiger partial charge in [-0.05, 0) is 23.6 Å². The summed E-state index contributed by atoms with van der Waals surface area (Å²) in [6, 6.07) is 8.07. The Hall–Kier alpha value is -1.84. The van der Waals surface area contributed by atoms with Crippen LogP contribution in [0.1, 0.15) is 4.88 Å². The van der Waals surface area contributed by atoms with Crippen molar-refractivity contribution in [2.75, 3.05) is 5.32 Å². The summed E-state index contributed by atoms with van der Waals surface area (Å²) in [6.45, 7) is 0.840. The molecule has 0 saturated carbocycles. The normalized spacial score (nSPS) is 11.0. The zero-order valence-electron chi connectivity index (χ0n) is 11.8. The highest BCUT2D eigenvalue weighted by molar-refractivity contribution is 7.23. The number of anilines is 1. The third-order valence-corrected chi connectivity index (χ3v) is 4.82. The zero-order chi connectivity index (χ0) is 17.7. The molecule has 10 heteroatoms. The van der Waals surface area contributed by atoms with E-state index in [-0.39, 0.29) is 0 Å². The minimum atomic E-state index is -5.08. The van der Waals surface area contributed by atoms with Crippen molar-refractivity contribution in [2.24, 2.45) is 0 Å². The average molecular weight is 395 g/mol. The van der Waals surface area contributed by atoms with E-state index >= 15 is 0 Å². The van der Waals surface area contributed by atoms with Crippen molar-refractivity contribution in [3.63, 3.8) is 0 Å². The number of rotatable bonds is 3. The van der Waals surface area contributed by atoms with E-state index in [2.05, 4.69) is 27.8 Å². The van der Waals surface area contributed by atoms with E-state index in [9.17, 15) is 13.2 Å². The largest absolute Gasteiger partial charge is 0.490 e. The first-order chi connectivity index (χ1) is 11.3. The van der Waals surface area contributed by atoms with E-state index in [1.165, 1.54) is 4.88 Å². The van der Waals surface area contributed by atoms with Crippen LogP contribution < -0.4 is 5.32 Å². The quantitative estimate of drug-likeness (QED) is 0.636. The Bertz CT molecular complexity index is 819. The third-order valence-electron chi connectivity index (χ3n) is 2.66. The number of aliphatic carboxylic acids is 1. The molecule has 4 nitrogen and oxygen atoms in total. The molecule has 0 unspecified atom stereocenters.